The van der Waals surface area contributed by atoms with Gasteiger partial charge in [0.15, 0.2) is 0 Å². The van der Waals surface area contributed by atoms with Crippen LogP contribution in [0.4, 0.5) is 0 Å². The first-order chi connectivity index (χ1) is 10.8. The van der Waals surface area contributed by atoms with E-state index in [0.717, 1.165) is 19.4 Å². The second-order valence-corrected chi connectivity index (χ2v) is 5.24. The lowest BCUT2D eigenvalue weighted by molar-refractivity contribution is -0.139. The molecule has 10 nitrogen and oxygen atoms in total. The minimum atomic E-state index is -0.963. The molecule has 11 heteroatoms. The molecule has 0 aromatic rings. The molecular formula is C13H26ClN3O7. The number of nitrogens with two attached hydrogens (primary N) is 2. The Morgan fingerprint density at radius 3 is 1.42 bits per heavy atom. The zero-order valence-corrected chi connectivity index (χ0v) is 14.6. The number of carboxylic acids is 3. The third kappa shape index (κ3) is 25.2. The van der Waals surface area contributed by atoms with Crippen LogP contribution in [-0.2, 0) is 19.2 Å². The SMILES string of the molecule is CC(=O)Cl.C[C@H](N)C(=O)O.C[C@H](N)C(=O)O.O=C(O)[C@@H]1CCCN1. The molecule has 24 heavy (non-hydrogen) atoms. The Morgan fingerprint density at radius 1 is 1.04 bits per heavy atom. The van der Waals surface area contributed by atoms with E-state index in [4.69, 9.17) is 26.8 Å². The van der Waals surface area contributed by atoms with E-state index in [1.165, 1.54) is 20.8 Å². The molecule has 0 bridgehead atoms. The maximum atomic E-state index is 10.1. The van der Waals surface area contributed by atoms with Crippen molar-refractivity contribution < 1.29 is 34.5 Å². The number of rotatable bonds is 3. The number of carboxylic acid groups (broad SMARTS) is 3. The monoisotopic (exact) mass is 371 g/mol. The molecule has 0 aromatic carbocycles. The van der Waals surface area contributed by atoms with Crippen molar-refractivity contribution in [3.8, 4) is 0 Å². The zero-order valence-electron chi connectivity index (χ0n) is 13.9. The van der Waals surface area contributed by atoms with E-state index in [9.17, 15) is 19.2 Å². The number of hydrogen-bond acceptors (Lipinski definition) is 7. The minimum absolute atomic E-state index is 0.269. The van der Waals surface area contributed by atoms with Crippen LogP contribution < -0.4 is 16.8 Å². The number of aliphatic carboxylic acids is 3. The van der Waals surface area contributed by atoms with Crippen LogP contribution in [0.1, 0.15) is 33.6 Å². The van der Waals surface area contributed by atoms with Gasteiger partial charge in [0.1, 0.15) is 18.1 Å². The van der Waals surface area contributed by atoms with E-state index in [0.29, 0.717) is 0 Å². The molecule has 0 amide bonds. The first-order valence-electron chi connectivity index (χ1n) is 6.91. The van der Waals surface area contributed by atoms with Crippen molar-refractivity contribution in [2.24, 2.45) is 11.5 Å². The summed E-state index contributed by atoms with van der Waals surface area (Å²) in [6, 6.07) is -1.73. The van der Waals surface area contributed by atoms with Crippen LogP contribution in [-0.4, -0.2) is 63.1 Å². The lowest BCUT2D eigenvalue weighted by Gasteiger charge is -1.99. The largest absolute Gasteiger partial charge is 0.480 e. The molecule has 1 aliphatic heterocycles. The minimum Gasteiger partial charge on any atom is -0.480 e. The molecule has 0 radical (unpaired) electrons. The molecule has 1 fully saturated rings. The molecule has 0 aromatic heterocycles. The van der Waals surface area contributed by atoms with E-state index in [-0.39, 0.29) is 11.3 Å². The molecule has 1 rings (SSSR count). The Morgan fingerprint density at radius 2 is 1.33 bits per heavy atom. The van der Waals surface area contributed by atoms with Gasteiger partial charge in [-0.25, -0.2) is 0 Å². The fourth-order valence-electron chi connectivity index (χ4n) is 0.895. The second-order valence-electron chi connectivity index (χ2n) is 4.71. The molecule has 0 unspecified atom stereocenters. The molecule has 8 N–H and O–H groups in total. The highest BCUT2D eigenvalue weighted by Gasteiger charge is 2.20. The molecule has 3 atom stereocenters. The number of carbonyl (C=O) groups excluding carboxylic acids is 1. The third-order valence-corrected chi connectivity index (χ3v) is 2.14. The smallest absolute Gasteiger partial charge is 0.320 e. The Balaban J connectivity index is -0.000000253. The third-order valence-electron chi connectivity index (χ3n) is 2.14. The normalized spacial score (nSPS) is 17.3. The molecule has 1 aliphatic rings. The van der Waals surface area contributed by atoms with E-state index < -0.39 is 30.0 Å². The van der Waals surface area contributed by atoms with Crippen molar-refractivity contribution in [1.29, 1.82) is 0 Å². The first kappa shape index (κ1) is 27.1. The maximum Gasteiger partial charge on any atom is 0.320 e. The highest BCUT2D eigenvalue weighted by atomic mass is 35.5. The van der Waals surface area contributed by atoms with Gasteiger partial charge in [0.25, 0.3) is 0 Å². The van der Waals surface area contributed by atoms with Gasteiger partial charge in [0, 0.05) is 6.92 Å². The van der Waals surface area contributed by atoms with Crippen molar-refractivity contribution in [1.82, 2.24) is 5.32 Å². The van der Waals surface area contributed by atoms with E-state index >= 15 is 0 Å². The summed E-state index contributed by atoms with van der Waals surface area (Å²) in [4.78, 5) is 38.5. The highest BCUT2D eigenvalue weighted by Crippen LogP contribution is 2.03. The molecular weight excluding hydrogens is 346 g/mol. The van der Waals surface area contributed by atoms with E-state index in [2.05, 4.69) is 16.9 Å². The first-order valence-corrected chi connectivity index (χ1v) is 7.29. The van der Waals surface area contributed by atoms with E-state index in [1.54, 1.807) is 0 Å². The van der Waals surface area contributed by atoms with Crippen molar-refractivity contribution in [2.45, 2.75) is 51.7 Å². The number of hydrogen-bond donors (Lipinski definition) is 6. The summed E-state index contributed by atoms with van der Waals surface area (Å²) in [6.45, 7) is 4.99. The summed E-state index contributed by atoms with van der Waals surface area (Å²) in [7, 11) is 0. The highest BCUT2D eigenvalue weighted by molar-refractivity contribution is 6.62. The predicted octanol–water partition coefficient (Wildman–Crippen LogP) is -0.569. The van der Waals surface area contributed by atoms with Gasteiger partial charge in [-0.05, 0) is 44.8 Å². The predicted molar refractivity (Wildman–Crippen MR) is 87.8 cm³/mol. The maximum absolute atomic E-state index is 10.1. The standard InChI is InChI=1S/C5H9NO2.2C3H7NO2.C2H3ClO/c7-5(8)4-2-1-3-6-4;2*1-2(4)3(5)6;1-2(3)4/h4,6H,1-3H2,(H,7,8);2*2H,4H2,1H3,(H,5,6);1H3/t4-;2*2-;/m000./s1. The van der Waals surface area contributed by atoms with Crippen LogP contribution in [0.25, 0.3) is 0 Å². The van der Waals surface area contributed by atoms with Gasteiger partial charge in [-0.2, -0.15) is 0 Å². The van der Waals surface area contributed by atoms with Crippen molar-refractivity contribution in [2.75, 3.05) is 6.54 Å². The zero-order chi connectivity index (χ0) is 19.9. The molecule has 1 saturated heterocycles. The molecule has 142 valence electrons. The molecule has 0 saturated carbocycles. The van der Waals surface area contributed by atoms with Gasteiger partial charge in [0.05, 0.1) is 0 Å². The van der Waals surface area contributed by atoms with Crippen LogP contribution in [0, 0.1) is 0 Å². The van der Waals surface area contributed by atoms with Gasteiger partial charge in [-0.3, -0.25) is 19.2 Å². The molecule has 0 spiro atoms. The lowest BCUT2D eigenvalue weighted by Crippen LogP contribution is -2.29. The Hall–Kier alpha value is -1.75. The average molecular weight is 372 g/mol. The second kappa shape index (κ2) is 16.1. The van der Waals surface area contributed by atoms with Crippen LogP contribution in [0.5, 0.6) is 0 Å². The van der Waals surface area contributed by atoms with Crippen LogP contribution in [0.2, 0.25) is 0 Å². The summed E-state index contributed by atoms with van der Waals surface area (Å²) in [6.07, 6.45) is 1.78. The summed E-state index contributed by atoms with van der Waals surface area (Å²) in [5.74, 6) is -2.65. The van der Waals surface area contributed by atoms with Crippen LogP contribution >= 0.6 is 11.6 Å². The summed E-state index contributed by atoms with van der Waals surface area (Å²) < 4.78 is 0. The fraction of sp³-hybridized carbons (Fsp3) is 0.692. The van der Waals surface area contributed by atoms with Crippen molar-refractivity contribution in [3.05, 3.63) is 0 Å². The topological polar surface area (TPSA) is 193 Å². The molecule has 1 heterocycles. The Bertz CT molecular complexity index is 375. The summed E-state index contributed by atoms with van der Waals surface area (Å²) >= 11 is 4.64. The van der Waals surface area contributed by atoms with Gasteiger partial charge in [0.2, 0.25) is 5.24 Å². The number of nitrogens with one attached hydrogen (secondary N) is 1. The van der Waals surface area contributed by atoms with Gasteiger partial charge in [-0.1, -0.05) is 0 Å². The van der Waals surface area contributed by atoms with Gasteiger partial charge in [-0.15, -0.1) is 0 Å². The quantitative estimate of drug-likeness (QED) is 0.350. The average Bonchev–Trinajstić information content (AvgIpc) is 2.93. The van der Waals surface area contributed by atoms with Crippen molar-refractivity contribution in [3.63, 3.8) is 0 Å². The van der Waals surface area contributed by atoms with Crippen LogP contribution in [0.15, 0.2) is 0 Å². The molecule has 0 aliphatic carbocycles. The number of carbonyl (C=O) groups is 4. The number of halogens is 1. The Labute approximate surface area is 145 Å². The van der Waals surface area contributed by atoms with Crippen molar-refractivity contribution >= 4 is 34.8 Å². The lowest BCUT2D eigenvalue weighted by atomic mass is 10.2. The van der Waals surface area contributed by atoms with Crippen LogP contribution in [0.3, 0.4) is 0 Å². The Kier molecular flexibility index (Phi) is 18.2. The van der Waals surface area contributed by atoms with Gasteiger partial charge >= 0.3 is 17.9 Å². The van der Waals surface area contributed by atoms with Gasteiger partial charge < -0.3 is 32.1 Å². The van der Waals surface area contributed by atoms with E-state index in [1.807, 2.05) is 0 Å². The summed E-state index contributed by atoms with van der Waals surface area (Å²) in [5.41, 5.74) is 9.67. The summed E-state index contributed by atoms with van der Waals surface area (Å²) in [5, 5.41) is 26.6. The fourth-order valence-corrected chi connectivity index (χ4v) is 0.895.